The van der Waals surface area contributed by atoms with Gasteiger partial charge in [0.05, 0.1) is 0 Å². The van der Waals surface area contributed by atoms with E-state index in [2.05, 4.69) is 66.8 Å². The predicted octanol–water partition coefficient (Wildman–Crippen LogP) is 3.86. The molecule has 15 heavy (non-hydrogen) atoms. The molecule has 0 aliphatic carbocycles. The van der Waals surface area contributed by atoms with Crippen molar-refractivity contribution in [1.82, 2.24) is 5.32 Å². The summed E-state index contributed by atoms with van der Waals surface area (Å²) in [7, 11) is 0. The second kappa shape index (κ2) is 5.47. The molecule has 0 aromatic heterocycles. The van der Waals surface area contributed by atoms with Crippen LogP contribution in [-0.2, 0) is 0 Å². The molecule has 1 aromatic carbocycles. The van der Waals surface area contributed by atoms with Gasteiger partial charge in [-0.3, -0.25) is 0 Å². The molecule has 1 N–H and O–H groups in total. The lowest BCUT2D eigenvalue weighted by molar-refractivity contribution is 0.612. The Morgan fingerprint density at radius 2 is 2.13 bits per heavy atom. The fourth-order valence-electron chi connectivity index (χ4n) is 1.69. The van der Waals surface area contributed by atoms with Gasteiger partial charge in [-0.15, -0.1) is 0 Å². The van der Waals surface area contributed by atoms with Gasteiger partial charge < -0.3 is 5.32 Å². The fourth-order valence-corrected chi connectivity index (χ4v) is 1.85. The molecule has 0 aliphatic rings. The first-order chi connectivity index (χ1) is 7.00. The molecule has 0 aliphatic heterocycles. The third-order valence-corrected chi connectivity index (χ3v) is 2.77. The largest absolute Gasteiger partial charge is 0.306 e. The number of rotatable bonds is 4. The number of benzene rings is 1. The van der Waals surface area contributed by atoms with Crippen LogP contribution in [0.4, 0.5) is 0 Å². The van der Waals surface area contributed by atoms with Crippen molar-refractivity contribution in [3.8, 4) is 0 Å². The summed E-state index contributed by atoms with van der Waals surface area (Å²) in [5.74, 6) is 0. The highest BCUT2D eigenvalue weighted by Crippen LogP contribution is 2.18. The van der Waals surface area contributed by atoms with Crippen LogP contribution in [0.3, 0.4) is 0 Å². The molecule has 0 saturated heterocycles. The molecule has 1 aromatic rings. The number of halogens is 1. The van der Waals surface area contributed by atoms with Gasteiger partial charge >= 0.3 is 0 Å². The highest BCUT2D eigenvalue weighted by Gasteiger charge is 2.07. The number of nitrogens with one attached hydrogen (secondary N) is 1. The Balaban J connectivity index is 2.73. The Kier molecular flexibility index (Phi) is 4.55. The molecule has 1 rings (SSSR count). The molecule has 1 unspecified atom stereocenters. The monoisotopic (exact) mass is 267 g/mol. The van der Waals surface area contributed by atoms with Crippen LogP contribution in [0.25, 0.3) is 0 Å². The predicted molar refractivity (Wildman–Crippen MR) is 70.4 cm³/mol. The first-order valence-corrected chi connectivity index (χ1v) is 5.94. The average Bonchev–Trinajstić information content (AvgIpc) is 2.14. The van der Waals surface area contributed by atoms with Crippen LogP contribution in [0.15, 0.2) is 29.3 Å². The minimum atomic E-state index is 0.361. The lowest BCUT2D eigenvalue weighted by Gasteiger charge is -2.16. The van der Waals surface area contributed by atoms with Gasteiger partial charge in [-0.05, 0) is 31.9 Å². The quantitative estimate of drug-likeness (QED) is 0.874. The standard InChI is InChI=1S/C13H18BrN/c1-9-5-6-13(10(2)7-9)12(4)15-8-11(3)14/h5-7,12,15H,3,8H2,1-2,4H3. The second-order valence-electron chi connectivity index (χ2n) is 3.98. The Hall–Kier alpha value is -0.600. The van der Waals surface area contributed by atoms with Crippen LogP contribution < -0.4 is 5.32 Å². The van der Waals surface area contributed by atoms with Crippen LogP contribution in [0.1, 0.15) is 29.7 Å². The summed E-state index contributed by atoms with van der Waals surface area (Å²) in [4.78, 5) is 0. The van der Waals surface area contributed by atoms with E-state index < -0.39 is 0 Å². The van der Waals surface area contributed by atoms with Crippen LogP contribution >= 0.6 is 15.9 Å². The summed E-state index contributed by atoms with van der Waals surface area (Å²) in [6.07, 6.45) is 0. The first kappa shape index (κ1) is 12.5. The van der Waals surface area contributed by atoms with E-state index in [4.69, 9.17) is 0 Å². The maximum Gasteiger partial charge on any atom is 0.0297 e. The average molecular weight is 268 g/mol. The van der Waals surface area contributed by atoms with Gasteiger partial charge in [0.15, 0.2) is 0 Å². The van der Waals surface area contributed by atoms with E-state index in [1.807, 2.05) is 0 Å². The topological polar surface area (TPSA) is 12.0 Å². The highest BCUT2D eigenvalue weighted by molar-refractivity contribution is 9.11. The zero-order valence-electron chi connectivity index (χ0n) is 9.60. The summed E-state index contributed by atoms with van der Waals surface area (Å²) in [5, 5.41) is 3.41. The normalized spacial score (nSPS) is 12.5. The van der Waals surface area contributed by atoms with Crippen molar-refractivity contribution in [2.75, 3.05) is 6.54 Å². The Morgan fingerprint density at radius 3 is 2.67 bits per heavy atom. The molecule has 0 radical (unpaired) electrons. The highest BCUT2D eigenvalue weighted by atomic mass is 79.9. The van der Waals surface area contributed by atoms with Gasteiger partial charge in [0, 0.05) is 17.1 Å². The van der Waals surface area contributed by atoms with E-state index in [0.717, 1.165) is 11.0 Å². The Bertz CT molecular complexity index is 358. The Labute approximate surface area is 101 Å². The molecule has 0 heterocycles. The van der Waals surface area contributed by atoms with Gasteiger partial charge in [0.25, 0.3) is 0 Å². The van der Waals surface area contributed by atoms with Gasteiger partial charge in [-0.25, -0.2) is 0 Å². The minimum Gasteiger partial charge on any atom is -0.306 e. The molecular weight excluding hydrogens is 250 g/mol. The maximum atomic E-state index is 3.81. The van der Waals surface area contributed by atoms with E-state index in [1.54, 1.807) is 0 Å². The van der Waals surface area contributed by atoms with Crippen LogP contribution in [0, 0.1) is 13.8 Å². The molecule has 2 heteroatoms. The lowest BCUT2D eigenvalue weighted by atomic mass is 10.0. The molecule has 0 fully saturated rings. The van der Waals surface area contributed by atoms with Gasteiger partial charge in [-0.2, -0.15) is 0 Å². The first-order valence-electron chi connectivity index (χ1n) is 5.14. The van der Waals surface area contributed by atoms with E-state index >= 15 is 0 Å². The van der Waals surface area contributed by atoms with Gasteiger partial charge in [-0.1, -0.05) is 46.3 Å². The Morgan fingerprint density at radius 1 is 1.47 bits per heavy atom. The number of hydrogen-bond donors (Lipinski definition) is 1. The van der Waals surface area contributed by atoms with Crippen molar-refractivity contribution in [3.05, 3.63) is 46.0 Å². The molecule has 1 nitrogen and oxygen atoms in total. The van der Waals surface area contributed by atoms with Crippen molar-refractivity contribution in [1.29, 1.82) is 0 Å². The SMILES string of the molecule is C=C(Br)CNC(C)c1ccc(C)cc1C. The summed E-state index contributed by atoms with van der Waals surface area (Å²) >= 11 is 3.35. The maximum absolute atomic E-state index is 3.81. The fraction of sp³-hybridized carbons (Fsp3) is 0.385. The number of aryl methyl sites for hydroxylation is 2. The molecular formula is C13H18BrN. The molecule has 0 spiro atoms. The summed E-state index contributed by atoms with van der Waals surface area (Å²) < 4.78 is 0.985. The van der Waals surface area contributed by atoms with Gasteiger partial charge in [0.1, 0.15) is 0 Å². The van der Waals surface area contributed by atoms with Crippen LogP contribution in [-0.4, -0.2) is 6.54 Å². The van der Waals surface area contributed by atoms with Crippen LogP contribution in [0.2, 0.25) is 0 Å². The van der Waals surface area contributed by atoms with E-state index in [0.29, 0.717) is 6.04 Å². The van der Waals surface area contributed by atoms with Crippen molar-refractivity contribution in [3.63, 3.8) is 0 Å². The third-order valence-electron chi connectivity index (χ3n) is 2.49. The van der Waals surface area contributed by atoms with E-state index in [9.17, 15) is 0 Å². The number of hydrogen-bond acceptors (Lipinski definition) is 1. The molecule has 82 valence electrons. The molecule has 0 amide bonds. The minimum absolute atomic E-state index is 0.361. The zero-order chi connectivity index (χ0) is 11.4. The summed E-state index contributed by atoms with van der Waals surface area (Å²) in [5.41, 5.74) is 4.01. The van der Waals surface area contributed by atoms with Crippen LogP contribution in [0.5, 0.6) is 0 Å². The van der Waals surface area contributed by atoms with E-state index in [1.165, 1.54) is 16.7 Å². The van der Waals surface area contributed by atoms with Crippen molar-refractivity contribution < 1.29 is 0 Å². The third kappa shape index (κ3) is 3.80. The van der Waals surface area contributed by atoms with Crippen molar-refractivity contribution in [2.45, 2.75) is 26.8 Å². The molecule has 1 atom stereocenters. The van der Waals surface area contributed by atoms with Crippen molar-refractivity contribution >= 4 is 15.9 Å². The second-order valence-corrected chi connectivity index (χ2v) is 5.10. The summed E-state index contributed by atoms with van der Waals surface area (Å²) in [6, 6.07) is 6.93. The lowest BCUT2D eigenvalue weighted by Crippen LogP contribution is -2.20. The zero-order valence-corrected chi connectivity index (χ0v) is 11.2. The smallest absolute Gasteiger partial charge is 0.0297 e. The van der Waals surface area contributed by atoms with Crippen molar-refractivity contribution in [2.24, 2.45) is 0 Å². The molecule has 0 saturated carbocycles. The van der Waals surface area contributed by atoms with Gasteiger partial charge in [0.2, 0.25) is 0 Å². The molecule has 0 bridgehead atoms. The summed E-state index contributed by atoms with van der Waals surface area (Å²) in [6.45, 7) is 11.1. The van der Waals surface area contributed by atoms with E-state index in [-0.39, 0.29) is 0 Å².